The fourth-order valence-electron chi connectivity index (χ4n) is 2.59. The van der Waals surface area contributed by atoms with Gasteiger partial charge in [-0.15, -0.1) is 5.10 Å². The molecule has 3 heterocycles. The van der Waals surface area contributed by atoms with Crippen LogP contribution in [0.25, 0.3) is 0 Å². The van der Waals surface area contributed by atoms with E-state index in [0.29, 0.717) is 6.61 Å². The molecule has 0 amide bonds. The Morgan fingerprint density at radius 1 is 1.35 bits per heavy atom. The van der Waals surface area contributed by atoms with E-state index in [1.54, 1.807) is 7.11 Å². The Labute approximate surface area is 118 Å². The summed E-state index contributed by atoms with van der Waals surface area (Å²) >= 11 is 0. The Morgan fingerprint density at radius 2 is 2.25 bits per heavy atom. The second-order valence-electron chi connectivity index (χ2n) is 5.16. The topological polar surface area (TPSA) is 61.0 Å². The fraction of sp³-hybridized carbons (Fsp3) is 0.615. The van der Waals surface area contributed by atoms with Gasteiger partial charge in [0.05, 0.1) is 18.8 Å². The van der Waals surface area contributed by atoms with Crippen LogP contribution in [0, 0.1) is 0 Å². The third kappa shape index (κ3) is 2.59. The number of aryl methyl sites for hydroxylation is 2. The number of nitrogens with zero attached hydrogens (tertiary/aromatic N) is 6. The van der Waals surface area contributed by atoms with Crippen molar-refractivity contribution in [3.05, 3.63) is 29.6 Å². The summed E-state index contributed by atoms with van der Waals surface area (Å²) in [6.45, 7) is 4.18. The van der Waals surface area contributed by atoms with Crippen molar-refractivity contribution in [2.24, 2.45) is 7.05 Å². The van der Waals surface area contributed by atoms with Gasteiger partial charge >= 0.3 is 0 Å². The van der Waals surface area contributed by atoms with Crippen LogP contribution in [0.3, 0.4) is 0 Å². The first-order valence-electron chi connectivity index (χ1n) is 6.86. The van der Waals surface area contributed by atoms with Gasteiger partial charge in [0.1, 0.15) is 11.5 Å². The van der Waals surface area contributed by atoms with Crippen molar-refractivity contribution in [3.8, 4) is 0 Å². The monoisotopic (exact) mass is 276 g/mol. The quantitative estimate of drug-likeness (QED) is 0.817. The van der Waals surface area contributed by atoms with E-state index in [4.69, 9.17) is 4.74 Å². The Morgan fingerprint density at radius 3 is 3.00 bits per heavy atom. The molecule has 0 saturated heterocycles. The number of hydrogen-bond donors (Lipinski definition) is 0. The van der Waals surface area contributed by atoms with E-state index in [2.05, 4.69) is 24.8 Å². The number of rotatable bonds is 4. The Balaban J connectivity index is 1.78. The zero-order valence-electron chi connectivity index (χ0n) is 12.0. The van der Waals surface area contributed by atoms with Crippen molar-refractivity contribution in [1.82, 2.24) is 29.4 Å². The summed E-state index contributed by atoms with van der Waals surface area (Å²) in [5.41, 5.74) is 2.11. The Bertz CT molecular complexity index is 575. The van der Waals surface area contributed by atoms with Crippen LogP contribution in [0.1, 0.15) is 23.6 Å². The van der Waals surface area contributed by atoms with Crippen LogP contribution >= 0.6 is 0 Å². The second kappa shape index (κ2) is 5.72. The van der Waals surface area contributed by atoms with Crippen molar-refractivity contribution < 1.29 is 4.74 Å². The summed E-state index contributed by atoms with van der Waals surface area (Å²) < 4.78 is 9.28. The normalized spacial score (nSPS) is 16.1. The highest BCUT2D eigenvalue weighted by Crippen LogP contribution is 2.16. The summed E-state index contributed by atoms with van der Waals surface area (Å²) in [5.74, 6) is 1.08. The summed E-state index contributed by atoms with van der Waals surface area (Å²) in [4.78, 5) is 6.79. The van der Waals surface area contributed by atoms with Gasteiger partial charge in [-0.05, 0) is 6.42 Å². The van der Waals surface area contributed by atoms with Gasteiger partial charge in [0.2, 0.25) is 0 Å². The van der Waals surface area contributed by atoms with Gasteiger partial charge in [0, 0.05) is 46.2 Å². The number of methoxy groups -OCH3 is 1. The lowest BCUT2D eigenvalue weighted by atomic mass is 10.3. The number of fused-ring (bicyclic) bond motifs is 1. The minimum absolute atomic E-state index is 0.519. The number of imidazole rings is 1. The van der Waals surface area contributed by atoms with Crippen molar-refractivity contribution in [1.29, 1.82) is 0 Å². The predicted octanol–water partition coefficient (Wildman–Crippen LogP) is 0.564. The largest absolute Gasteiger partial charge is 0.378 e. The highest BCUT2D eigenvalue weighted by atomic mass is 16.5. The first-order valence-corrected chi connectivity index (χ1v) is 6.86. The molecule has 7 heteroatoms. The summed E-state index contributed by atoms with van der Waals surface area (Å²) in [5, 5.41) is 8.44. The van der Waals surface area contributed by atoms with Crippen molar-refractivity contribution in [3.63, 3.8) is 0 Å². The standard InChI is InChI=1S/C13H20N6O/c1-17-7-4-14-13(17)9-18-5-3-6-19-12(8-18)11(10-20-2)15-16-19/h4,7H,3,5-6,8-10H2,1-2H3. The summed E-state index contributed by atoms with van der Waals surface area (Å²) in [7, 11) is 3.72. The second-order valence-corrected chi connectivity index (χ2v) is 5.16. The van der Waals surface area contributed by atoms with Gasteiger partial charge in [0.15, 0.2) is 0 Å². The van der Waals surface area contributed by atoms with Crippen LogP contribution in [0.4, 0.5) is 0 Å². The van der Waals surface area contributed by atoms with Crippen LogP contribution in [-0.4, -0.2) is 43.1 Å². The molecular weight excluding hydrogens is 256 g/mol. The smallest absolute Gasteiger partial charge is 0.122 e. The molecule has 7 nitrogen and oxygen atoms in total. The lowest BCUT2D eigenvalue weighted by molar-refractivity contribution is 0.178. The minimum Gasteiger partial charge on any atom is -0.378 e. The van der Waals surface area contributed by atoms with Crippen LogP contribution in [-0.2, 0) is 38.0 Å². The van der Waals surface area contributed by atoms with E-state index < -0.39 is 0 Å². The molecule has 0 saturated carbocycles. The molecule has 0 radical (unpaired) electrons. The molecule has 0 unspecified atom stereocenters. The third-order valence-electron chi connectivity index (χ3n) is 3.70. The molecule has 20 heavy (non-hydrogen) atoms. The number of ether oxygens (including phenoxy) is 1. The van der Waals surface area contributed by atoms with E-state index in [-0.39, 0.29) is 0 Å². The minimum atomic E-state index is 0.519. The van der Waals surface area contributed by atoms with Crippen molar-refractivity contribution in [2.45, 2.75) is 32.7 Å². The van der Waals surface area contributed by atoms with Crippen LogP contribution in [0.2, 0.25) is 0 Å². The summed E-state index contributed by atoms with van der Waals surface area (Å²) in [6, 6.07) is 0. The van der Waals surface area contributed by atoms with E-state index in [9.17, 15) is 0 Å². The third-order valence-corrected chi connectivity index (χ3v) is 3.70. The van der Waals surface area contributed by atoms with Gasteiger partial charge in [-0.25, -0.2) is 9.67 Å². The number of aromatic nitrogens is 5. The molecule has 0 N–H and O–H groups in total. The SMILES string of the molecule is COCc1nnn2c1CN(Cc1nccn1C)CCC2. The van der Waals surface area contributed by atoms with Crippen molar-refractivity contribution in [2.75, 3.05) is 13.7 Å². The molecule has 0 aromatic carbocycles. The molecule has 2 aromatic heterocycles. The maximum atomic E-state index is 5.20. The highest BCUT2D eigenvalue weighted by Gasteiger charge is 2.20. The molecule has 0 spiro atoms. The first kappa shape index (κ1) is 13.3. The average molecular weight is 276 g/mol. The molecule has 1 aliphatic rings. The maximum Gasteiger partial charge on any atom is 0.122 e. The zero-order chi connectivity index (χ0) is 13.9. The average Bonchev–Trinajstić information content (AvgIpc) is 2.93. The molecule has 0 atom stereocenters. The van der Waals surface area contributed by atoms with Crippen LogP contribution in [0.15, 0.2) is 12.4 Å². The molecule has 3 rings (SSSR count). The number of hydrogen-bond acceptors (Lipinski definition) is 5. The molecule has 0 bridgehead atoms. The highest BCUT2D eigenvalue weighted by molar-refractivity contribution is 5.10. The molecular formula is C13H20N6O. The van der Waals surface area contributed by atoms with Gasteiger partial charge in [-0.3, -0.25) is 4.90 Å². The van der Waals surface area contributed by atoms with Gasteiger partial charge in [-0.2, -0.15) is 0 Å². The molecule has 0 fully saturated rings. The zero-order valence-corrected chi connectivity index (χ0v) is 12.0. The van der Waals surface area contributed by atoms with Crippen molar-refractivity contribution >= 4 is 0 Å². The Kier molecular flexibility index (Phi) is 3.79. The lowest BCUT2D eigenvalue weighted by Crippen LogP contribution is -2.25. The Hall–Kier alpha value is -1.73. The summed E-state index contributed by atoms with van der Waals surface area (Å²) in [6.07, 6.45) is 4.90. The maximum absolute atomic E-state index is 5.20. The van der Waals surface area contributed by atoms with E-state index >= 15 is 0 Å². The van der Waals surface area contributed by atoms with E-state index in [1.165, 1.54) is 5.69 Å². The van der Waals surface area contributed by atoms with Gasteiger partial charge in [-0.1, -0.05) is 5.21 Å². The van der Waals surface area contributed by atoms with E-state index in [1.807, 2.05) is 24.1 Å². The molecule has 2 aromatic rings. The fourth-order valence-corrected chi connectivity index (χ4v) is 2.59. The van der Waals surface area contributed by atoms with Crippen LogP contribution in [0.5, 0.6) is 0 Å². The lowest BCUT2D eigenvalue weighted by Gasteiger charge is -2.19. The van der Waals surface area contributed by atoms with Crippen LogP contribution < -0.4 is 0 Å². The van der Waals surface area contributed by atoms with Gasteiger partial charge < -0.3 is 9.30 Å². The molecule has 1 aliphatic heterocycles. The first-order chi connectivity index (χ1) is 9.78. The molecule has 0 aliphatic carbocycles. The predicted molar refractivity (Wildman–Crippen MR) is 72.7 cm³/mol. The van der Waals surface area contributed by atoms with E-state index in [0.717, 1.165) is 44.1 Å². The molecule has 108 valence electrons. The van der Waals surface area contributed by atoms with Gasteiger partial charge in [0.25, 0.3) is 0 Å².